The molecule has 5 rings (SSSR count). The van der Waals surface area contributed by atoms with Crippen molar-refractivity contribution in [1.29, 1.82) is 0 Å². The van der Waals surface area contributed by atoms with Crippen molar-refractivity contribution >= 4 is 57.7 Å². The third-order valence-electron chi connectivity index (χ3n) is 7.00. The Bertz CT molecular complexity index is 1910. The van der Waals surface area contributed by atoms with Gasteiger partial charge in [-0.2, -0.15) is 0 Å². The zero-order chi connectivity index (χ0) is 34.6. The predicted octanol–water partition coefficient (Wildman–Crippen LogP) is 8.14. The number of hydrogen-bond acceptors (Lipinski definition) is 8. The molecule has 0 spiro atoms. The van der Waals surface area contributed by atoms with Gasteiger partial charge in [-0.15, -0.1) is 23.1 Å². The first-order valence-corrected chi connectivity index (χ1v) is 17.5. The van der Waals surface area contributed by atoms with E-state index in [2.05, 4.69) is 20.9 Å². The van der Waals surface area contributed by atoms with Crippen molar-refractivity contribution in [3.63, 3.8) is 0 Å². The minimum Gasteiger partial charge on any atom is -0.494 e. The van der Waals surface area contributed by atoms with E-state index in [1.54, 1.807) is 60.7 Å². The van der Waals surface area contributed by atoms with Gasteiger partial charge in [-0.25, -0.2) is 4.98 Å². The highest BCUT2D eigenvalue weighted by atomic mass is 32.2. The summed E-state index contributed by atoms with van der Waals surface area (Å²) in [5.41, 5.74) is 3.40. The van der Waals surface area contributed by atoms with Crippen LogP contribution < -0.4 is 25.4 Å². The Morgan fingerprint density at radius 2 is 1.51 bits per heavy atom. The first-order chi connectivity index (χ1) is 23.8. The van der Waals surface area contributed by atoms with E-state index in [0.717, 1.165) is 21.9 Å². The van der Waals surface area contributed by atoms with E-state index >= 15 is 0 Å². The third kappa shape index (κ3) is 10.1. The second kappa shape index (κ2) is 17.1. The fourth-order valence-electron chi connectivity index (χ4n) is 4.60. The summed E-state index contributed by atoms with van der Waals surface area (Å²) in [6, 6.07) is 30.8. The summed E-state index contributed by atoms with van der Waals surface area (Å²) in [6.45, 7) is 6.78. The number of aromatic nitrogens is 1. The van der Waals surface area contributed by atoms with E-state index in [0.29, 0.717) is 40.9 Å². The van der Waals surface area contributed by atoms with Gasteiger partial charge in [0.2, 0.25) is 5.91 Å². The van der Waals surface area contributed by atoms with Gasteiger partial charge in [-0.05, 0) is 99.1 Å². The minimum atomic E-state index is -0.502. The smallest absolute Gasteiger partial charge is 0.272 e. The molecule has 4 aromatic carbocycles. The van der Waals surface area contributed by atoms with Crippen molar-refractivity contribution in [2.45, 2.75) is 30.9 Å². The van der Waals surface area contributed by atoms with Crippen LogP contribution in [0.2, 0.25) is 0 Å². The summed E-state index contributed by atoms with van der Waals surface area (Å²) < 4.78 is 11.0. The Kier molecular flexibility index (Phi) is 12.2. The van der Waals surface area contributed by atoms with Gasteiger partial charge in [0.15, 0.2) is 5.13 Å². The zero-order valence-corrected chi connectivity index (χ0v) is 28.9. The van der Waals surface area contributed by atoms with Crippen LogP contribution in [-0.2, 0) is 9.59 Å². The number of thiazole rings is 1. The van der Waals surface area contributed by atoms with E-state index in [1.165, 1.54) is 23.1 Å². The number of hydrogen-bond donors (Lipinski definition) is 3. The standard InChI is InChI=1S/C38H36N4O5S2/c1-4-46-30-18-14-26(15-19-30)22-33(40-36(44)28-10-7-6-8-11-28)37(45)39-29-12-9-13-32(23-29)49-25(3)35(43)42-38-41-34(24-48-38)27-16-20-31(21-17-27)47-5-2/h6-25H,4-5H2,1-3H3,(H,39,45)(H,40,44)(H,41,42,43)/b33-22+. The van der Waals surface area contributed by atoms with Crippen molar-refractivity contribution < 1.29 is 23.9 Å². The van der Waals surface area contributed by atoms with Crippen LogP contribution in [0, 0.1) is 0 Å². The fourth-order valence-corrected chi connectivity index (χ4v) is 6.25. The molecule has 5 aromatic rings. The lowest BCUT2D eigenvalue weighted by molar-refractivity contribution is -0.115. The maximum absolute atomic E-state index is 13.5. The molecule has 3 N–H and O–H groups in total. The summed E-state index contributed by atoms with van der Waals surface area (Å²) in [6.07, 6.45) is 1.61. The van der Waals surface area contributed by atoms with Gasteiger partial charge >= 0.3 is 0 Å². The molecule has 0 bridgehead atoms. The molecule has 1 heterocycles. The zero-order valence-electron chi connectivity index (χ0n) is 27.3. The number of carbonyl (C=O) groups is 3. The molecule has 0 aliphatic carbocycles. The SMILES string of the molecule is CCOc1ccc(/C=C(/NC(=O)c2ccccc2)C(=O)Nc2cccc(SC(C)C(=O)Nc3nc(-c4ccc(OCC)cc4)cs3)c2)cc1. The molecule has 9 nitrogen and oxygen atoms in total. The highest BCUT2D eigenvalue weighted by Crippen LogP contribution is 2.29. The maximum Gasteiger partial charge on any atom is 0.272 e. The summed E-state index contributed by atoms with van der Waals surface area (Å²) in [5, 5.41) is 10.5. The average molecular weight is 693 g/mol. The van der Waals surface area contributed by atoms with Gasteiger partial charge in [0.1, 0.15) is 17.2 Å². The van der Waals surface area contributed by atoms with E-state index in [9.17, 15) is 14.4 Å². The van der Waals surface area contributed by atoms with Gasteiger partial charge in [-0.1, -0.05) is 36.4 Å². The summed E-state index contributed by atoms with van der Waals surface area (Å²) in [5.74, 6) is 0.384. The second-order valence-corrected chi connectivity index (χ2v) is 12.9. The number of rotatable bonds is 14. The van der Waals surface area contributed by atoms with Crippen molar-refractivity contribution in [3.8, 4) is 22.8 Å². The number of thioether (sulfide) groups is 1. The van der Waals surface area contributed by atoms with Crippen LogP contribution >= 0.6 is 23.1 Å². The van der Waals surface area contributed by atoms with E-state index in [4.69, 9.17) is 9.47 Å². The van der Waals surface area contributed by atoms with E-state index < -0.39 is 17.1 Å². The monoisotopic (exact) mass is 692 g/mol. The fraction of sp³-hybridized carbons (Fsp3) is 0.158. The van der Waals surface area contributed by atoms with Crippen LogP contribution in [0.25, 0.3) is 17.3 Å². The summed E-state index contributed by atoms with van der Waals surface area (Å²) in [4.78, 5) is 45.0. The molecule has 49 heavy (non-hydrogen) atoms. The molecule has 3 amide bonds. The lowest BCUT2D eigenvalue weighted by Gasteiger charge is -2.14. The molecular formula is C38H36N4O5S2. The quantitative estimate of drug-likeness (QED) is 0.0794. The molecule has 250 valence electrons. The Morgan fingerprint density at radius 3 is 2.18 bits per heavy atom. The number of carbonyl (C=O) groups excluding carboxylic acids is 3. The van der Waals surface area contributed by atoms with Gasteiger partial charge in [0.05, 0.1) is 24.2 Å². The normalized spacial score (nSPS) is 11.7. The topological polar surface area (TPSA) is 119 Å². The highest BCUT2D eigenvalue weighted by Gasteiger charge is 2.18. The lowest BCUT2D eigenvalue weighted by atomic mass is 10.1. The van der Waals surface area contributed by atoms with Gasteiger partial charge < -0.3 is 25.4 Å². The van der Waals surface area contributed by atoms with Crippen LogP contribution in [0.1, 0.15) is 36.7 Å². The minimum absolute atomic E-state index is 0.0665. The molecule has 1 atom stereocenters. The van der Waals surface area contributed by atoms with Crippen molar-refractivity contribution in [2.75, 3.05) is 23.8 Å². The first kappa shape index (κ1) is 34.9. The van der Waals surface area contributed by atoms with Crippen LogP contribution in [0.4, 0.5) is 10.8 Å². The molecule has 1 aromatic heterocycles. The van der Waals surface area contributed by atoms with Gasteiger partial charge in [0, 0.05) is 27.1 Å². The van der Waals surface area contributed by atoms with Gasteiger partial charge in [-0.3, -0.25) is 14.4 Å². The molecule has 11 heteroatoms. The predicted molar refractivity (Wildman–Crippen MR) is 197 cm³/mol. The van der Waals surface area contributed by atoms with Crippen LogP contribution in [0.3, 0.4) is 0 Å². The Hall–Kier alpha value is -5.39. The van der Waals surface area contributed by atoms with Gasteiger partial charge in [0.25, 0.3) is 11.8 Å². The van der Waals surface area contributed by atoms with E-state index in [1.807, 2.05) is 74.7 Å². The number of nitrogens with zero attached hydrogens (tertiary/aromatic N) is 1. The second-order valence-electron chi connectivity index (χ2n) is 10.6. The summed E-state index contributed by atoms with van der Waals surface area (Å²) in [7, 11) is 0. The third-order valence-corrected chi connectivity index (χ3v) is 8.85. The lowest BCUT2D eigenvalue weighted by Crippen LogP contribution is -2.30. The van der Waals surface area contributed by atoms with Crippen LogP contribution in [0.5, 0.6) is 11.5 Å². The number of ether oxygens (including phenoxy) is 2. The molecule has 0 saturated heterocycles. The van der Waals surface area contributed by atoms with Crippen LogP contribution in [-0.4, -0.2) is 41.2 Å². The largest absolute Gasteiger partial charge is 0.494 e. The molecular weight excluding hydrogens is 657 g/mol. The number of anilines is 2. The van der Waals surface area contributed by atoms with E-state index in [-0.39, 0.29) is 11.6 Å². The average Bonchev–Trinajstić information content (AvgIpc) is 3.58. The summed E-state index contributed by atoms with van der Waals surface area (Å²) >= 11 is 2.71. The van der Waals surface area contributed by atoms with Crippen molar-refractivity contribution in [2.24, 2.45) is 0 Å². The van der Waals surface area contributed by atoms with Crippen molar-refractivity contribution in [1.82, 2.24) is 10.3 Å². The highest BCUT2D eigenvalue weighted by molar-refractivity contribution is 8.00. The Morgan fingerprint density at radius 1 is 0.837 bits per heavy atom. The molecule has 0 aliphatic heterocycles. The molecule has 0 saturated carbocycles. The number of nitrogens with one attached hydrogen (secondary N) is 3. The maximum atomic E-state index is 13.5. The molecule has 1 unspecified atom stereocenters. The Labute approximate surface area is 293 Å². The van der Waals surface area contributed by atoms with Crippen molar-refractivity contribution in [3.05, 3.63) is 125 Å². The number of amides is 3. The molecule has 0 radical (unpaired) electrons. The molecule has 0 fully saturated rings. The Balaban J connectivity index is 1.24. The number of benzene rings is 4. The molecule has 0 aliphatic rings. The van der Waals surface area contributed by atoms with Crippen LogP contribution in [0.15, 0.2) is 119 Å². The first-order valence-electron chi connectivity index (χ1n) is 15.7.